The number of alkyl halides is 3. The molecule has 5 rings (SSSR count). The van der Waals surface area contributed by atoms with Crippen molar-refractivity contribution in [2.24, 2.45) is 0 Å². The molecule has 222 valence electrons. The number of ether oxygens (including phenoxy) is 1. The molecule has 11 nitrogen and oxygen atoms in total. The number of nitrogens with zero attached hydrogens (tertiary/aromatic N) is 6. The Bertz CT molecular complexity index is 1490. The zero-order chi connectivity index (χ0) is 29.5. The number of benzene rings is 1. The summed E-state index contributed by atoms with van der Waals surface area (Å²) in [6, 6.07) is 2.74. The van der Waals surface area contributed by atoms with Crippen LogP contribution in [0, 0.1) is 0 Å². The molecule has 0 spiro atoms. The number of hydrogen-bond donors (Lipinski definition) is 2. The molecule has 2 aliphatic rings. The molecule has 0 saturated carbocycles. The molecule has 0 radical (unpaired) electrons. The number of halogens is 4. The first-order valence-electron chi connectivity index (χ1n) is 13.5. The number of fused-ring (bicyclic) bond motifs is 1. The molecule has 0 bridgehead atoms. The first kappa shape index (κ1) is 29.1. The van der Waals surface area contributed by atoms with Gasteiger partial charge in [0.2, 0.25) is 17.6 Å². The number of rotatable bonds is 6. The second kappa shape index (κ2) is 11.5. The normalized spacial score (nSPS) is 20.1. The van der Waals surface area contributed by atoms with Gasteiger partial charge in [0.15, 0.2) is 0 Å². The van der Waals surface area contributed by atoms with Crippen LogP contribution in [0.5, 0.6) is 0 Å². The quantitative estimate of drug-likeness (QED) is 0.447. The predicted molar refractivity (Wildman–Crippen MR) is 149 cm³/mol. The van der Waals surface area contributed by atoms with Crippen LogP contribution in [-0.2, 0) is 28.7 Å². The molecule has 15 heteroatoms. The summed E-state index contributed by atoms with van der Waals surface area (Å²) in [5.74, 6) is 0.00101. The Kier molecular flexibility index (Phi) is 8.17. The number of hydrogen-bond acceptors (Lipinski definition) is 8. The molecule has 41 heavy (non-hydrogen) atoms. The average molecular weight is 597 g/mol. The highest BCUT2D eigenvalue weighted by molar-refractivity contribution is 6.33. The van der Waals surface area contributed by atoms with Crippen LogP contribution in [0.2, 0.25) is 5.02 Å². The van der Waals surface area contributed by atoms with Gasteiger partial charge in [-0.1, -0.05) is 18.5 Å². The number of carbonyl (C=O) groups is 1. The summed E-state index contributed by atoms with van der Waals surface area (Å²) in [7, 11) is 0. The standard InChI is InChI=1S/C26H32ClF3N8O3/c1-4-20-22(35-9-7-31-8-10-35)23(40)38-25(33-24(34-38)36-12-15(2)41-16(3)13-36)37(20)14-21(39)32-19-6-5-17(11-18(19)27)26(28,29)30/h5-6,11,15-16,31H,4,7-10,12-14H2,1-3H3,(H,32,39)/t15-,16+. The van der Waals surface area contributed by atoms with Crippen LogP contribution in [0.1, 0.15) is 32.0 Å². The summed E-state index contributed by atoms with van der Waals surface area (Å²) in [4.78, 5) is 35.8. The molecule has 1 amide bonds. The molecule has 2 aromatic heterocycles. The fraction of sp³-hybridized carbons (Fsp3) is 0.538. The molecular weight excluding hydrogens is 565 g/mol. The number of piperazine rings is 1. The minimum absolute atomic E-state index is 0.0422. The summed E-state index contributed by atoms with van der Waals surface area (Å²) in [5, 5.41) is 10.2. The molecule has 2 aliphatic heterocycles. The lowest BCUT2D eigenvalue weighted by molar-refractivity contribution is -0.137. The Balaban J connectivity index is 1.56. The highest BCUT2D eigenvalue weighted by Gasteiger charge is 2.32. The Hall–Kier alpha value is -3.36. The van der Waals surface area contributed by atoms with Crippen LogP contribution in [0.15, 0.2) is 23.0 Å². The van der Waals surface area contributed by atoms with E-state index in [0.29, 0.717) is 63.0 Å². The van der Waals surface area contributed by atoms with Gasteiger partial charge in [0.05, 0.1) is 34.2 Å². The van der Waals surface area contributed by atoms with E-state index in [-0.39, 0.29) is 40.8 Å². The SMILES string of the molecule is CCc1c(N2CCNCC2)c(=O)n2nc(N3C[C@@H](C)O[C@@H](C)C3)nc2n1CC(=O)Nc1ccc(C(F)(F)F)cc1Cl. The lowest BCUT2D eigenvalue weighted by Gasteiger charge is -2.34. The van der Waals surface area contributed by atoms with Gasteiger partial charge in [-0.2, -0.15) is 22.7 Å². The Labute approximate surface area is 239 Å². The number of amides is 1. The Morgan fingerprint density at radius 3 is 2.46 bits per heavy atom. The second-order valence-electron chi connectivity index (χ2n) is 10.3. The zero-order valence-electron chi connectivity index (χ0n) is 23.0. The van der Waals surface area contributed by atoms with E-state index in [9.17, 15) is 22.8 Å². The average Bonchev–Trinajstić information content (AvgIpc) is 3.37. The molecule has 2 saturated heterocycles. The van der Waals surface area contributed by atoms with E-state index in [4.69, 9.17) is 21.3 Å². The van der Waals surface area contributed by atoms with Crippen LogP contribution in [-0.4, -0.2) is 76.5 Å². The van der Waals surface area contributed by atoms with Crippen LogP contribution >= 0.6 is 11.6 Å². The van der Waals surface area contributed by atoms with E-state index >= 15 is 0 Å². The summed E-state index contributed by atoms with van der Waals surface area (Å²) < 4.78 is 47.9. The van der Waals surface area contributed by atoms with Crippen LogP contribution in [0.4, 0.5) is 30.5 Å². The molecule has 2 N–H and O–H groups in total. The first-order chi connectivity index (χ1) is 19.5. The van der Waals surface area contributed by atoms with Crippen LogP contribution in [0.25, 0.3) is 5.78 Å². The van der Waals surface area contributed by atoms with E-state index in [1.807, 2.05) is 30.6 Å². The lowest BCUT2D eigenvalue weighted by atomic mass is 10.2. The maximum Gasteiger partial charge on any atom is 0.416 e. The van der Waals surface area contributed by atoms with E-state index in [2.05, 4.69) is 15.7 Å². The summed E-state index contributed by atoms with van der Waals surface area (Å²) in [6.45, 7) is 9.18. The molecular formula is C26H32ClF3N8O3. The van der Waals surface area contributed by atoms with Crippen LogP contribution < -0.4 is 26.0 Å². The first-order valence-corrected chi connectivity index (χ1v) is 13.9. The highest BCUT2D eigenvalue weighted by Crippen LogP contribution is 2.34. The van der Waals surface area contributed by atoms with E-state index in [1.54, 1.807) is 4.57 Å². The molecule has 1 aromatic carbocycles. The predicted octanol–water partition coefficient (Wildman–Crippen LogP) is 2.79. The topological polar surface area (TPSA) is 109 Å². The van der Waals surface area contributed by atoms with Gasteiger partial charge in [-0.15, -0.1) is 5.10 Å². The van der Waals surface area contributed by atoms with Gasteiger partial charge in [0.1, 0.15) is 12.2 Å². The third kappa shape index (κ3) is 5.99. The summed E-state index contributed by atoms with van der Waals surface area (Å²) in [5.41, 5.74) is -0.142. The summed E-state index contributed by atoms with van der Waals surface area (Å²) in [6.07, 6.45) is -4.27. The molecule has 2 atom stereocenters. The lowest BCUT2D eigenvalue weighted by Crippen LogP contribution is -2.47. The van der Waals surface area contributed by atoms with Crippen molar-refractivity contribution in [2.75, 3.05) is 54.4 Å². The van der Waals surface area contributed by atoms with Gasteiger partial charge in [-0.05, 0) is 38.5 Å². The van der Waals surface area contributed by atoms with E-state index in [1.165, 1.54) is 4.52 Å². The number of carbonyl (C=O) groups excluding carboxylic acids is 1. The molecule has 0 unspecified atom stereocenters. The monoisotopic (exact) mass is 596 g/mol. The number of aromatic nitrogens is 4. The van der Waals surface area contributed by atoms with Gasteiger partial charge < -0.3 is 29.7 Å². The van der Waals surface area contributed by atoms with Crippen molar-refractivity contribution in [1.82, 2.24) is 24.5 Å². The minimum Gasteiger partial charge on any atom is -0.372 e. The van der Waals surface area contributed by atoms with Crippen molar-refractivity contribution < 1.29 is 22.7 Å². The highest BCUT2D eigenvalue weighted by atomic mass is 35.5. The molecule has 3 aromatic rings. The van der Waals surface area contributed by atoms with Gasteiger partial charge >= 0.3 is 6.18 Å². The van der Waals surface area contributed by atoms with Crippen molar-refractivity contribution in [2.45, 2.75) is 52.1 Å². The fourth-order valence-electron chi connectivity index (χ4n) is 5.41. The number of nitrogens with one attached hydrogen (secondary N) is 2. The zero-order valence-corrected chi connectivity index (χ0v) is 23.7. The van der Waals surface area contributed by atoms with Crippen molar-refractivity contribution in [3.63, 3.8) is 0 Å². The Morgan fingerprint density at radius 2 is 1.85 bits per heavy atom. The number of morpholine rings is 1. The fourth-order valence-corrected chi connectivity index (χ4v) is 5.64. The summed E-state index contributed by atoms with van der Waals surface area (Å²) >= 11 is 6.08. The minimum atomic E-state index is -4.56. The molecule has 2 fully saturated rings. The van der Waals surface area contributed by atoms with Gasteiger partial charge in [0.25, 0.3) is 5.56 Å². The van der Waals surface area contributed by atoms with Gasteiger partial charge in [-0.3, -0.25) is 9.59 Å². The van der Waals surface area contributed by atoms with Crippen LogP contribution in [0.3, 0.4) is 0 Å². The van der Waals surface area contributed by atoms with Crippen molar-refractivity contribution in [3.8, 4) is 0 Å². The Morgan fingerprint density at radius 1 is 1.17 bits per heavy atom. The smallest absolute Gasteiger partial charge is 0.372 e. The van der Waals surface area contributed by atoms with E-state index < -0.39 is 17.6 Å². The molecule has 0 aliphatic carbocycles. The second-order valence-corrected chi connectivity index (χ2v) is 10.7. The van der Waals surface area contributed by atoms with Gasteiger partial charge in [-0.25, -0.2) is 0 Å². The maximum absolute atomic E-state index is 13.9. The van der Waals surface area contributed by atoms with Crippen molar-refractivity contribution in [3.05, 3.63) is 44.8 Å². The van der Waals surface area contributed by atoms with E-state index in [0.717, 1.165) is 18.2 Å². The largest absolute Gasteiger partial charge is 0.416 e. The van der Waals surface area contributed by atoms with Crippen molar-refractivity contribution >= 4 is 40.6 Å². The number of anilines is 3. The third-order valence-corrected chi connectivity index (χ3v) is 7.47. The third-order valence-electron chi connectivity index (χ3n) is 7.16. The molecule has 4 heterocycles. The van der Waals surface area contributed by atoms with Crippen molar-refractivity contribution in [1.29, 1.82) is 0 Å². The van der Waals surface area contributed by atoms with Gasteiger partial charge in [0, 0.05) is 39.3 Å². The maximum atomic E-state index is 13.9.